The van der Waals surface area contributed by atoms with E-state index in [1.165, 1.54) is 6.07 Å². The van der Waals surface area contributed by atoms with Crippen molar-refractivity contribution < 1.29 is 28.7 Å². The summed E-state index contributed by atoms with van der Waals surface area (Å²) in [5, 5.41) is 11.1. The van der Waals surface area contributed by atoms with E-state index in [0.717, 1.165) is 36.6 Å². The lowest BCUT2D eigenvalue weighted by Gasteiger charge is -2.34. The first-order chi connectivity index (χ1) is 14.4. The van der Waals surface area contributed by atoms with E-state index in [9.17, 15) is 23.6 Å². The number of hydrogen-bond acceptors (Lipinski definition) is 6. The molecule has 2 fully saturated rings. The SMILES string of the molecule is O=C1CCC(N2C(=O)c3cc(F)c(N4CCC(CCCO)CC4)cc3C2=O)C(=O)N1. The first-order valence-electron chi connectivity index (χ1n) is 10.3. The second kappa shape index (κ2) is 8.14. The molecule has 0 radical (unpaired) electrons. The number of hydrogen-bond donors (Lipinski definition) is 2. The maximum atomic E-state index is 14.8. The summed E-state index contributed by atoms with van der Waals surface area (Å²) in [6, 6.07) is 1.42. The molecule has 1 aromatic rings. The van der Waals surface area contributed by atoms with E-state index in [-0.39, 0.29) is 36.3 Å². The van der Waals surface area contributed by atoms with Gasteiger partial charge in [0.1, 0.15) is 11.9 Å². The van der Waals surface area contributed by atoms with E-state index in [4.69, 9.17) is 5.11 Å². The molecular formula is C21H24FN3O5. The number of fused-ring (bicyclic) bond motifs is 1. The van der Waals surface area contributed by atoms with Gasteiger partial charge in [-0.2, -0.15) is 0 Å². The highest BCUT2D eigenvalue weighted by atomic mass is 19.1. The molecule has 0 aliphatic carbocycles. The van der Waals surface area contributed by atoms with Crippen molar-refractivity contribution in [2.24, 2.45) is 5.92 Å². The smallest absolute Gasteiger partial charge is 0.262 e. The van der Waals surface area contributed by atoms with Crippen molar-refractivity contribution in [3.8, 4) is 0 Å². The Morgan fingerprint density at radius 1 is 1.03 bits per heavy atom. The van der Waals surface area contributed by atoms with Crippen molar-refractivity contribution in [1.82, 2.24) is 10.2 Å². The van der Waals surface area contributed by atoms with Crippen LogP contribution in [0.4, 0.5) is 10.1 Å². The molecule has 4 amide bonds. The molecule has 0 saturated carbocycles. The summed E-state index contributed by atoms with van der Waals surface area (Å²) in [4.78, 5) is 51.9. The van der Waals surface area contributed by atoms with E-state index < -0.39 is 35.5 Å². The van der Waals surface area contributed by atoms with Gasteiger partial charge in [-0.1, -0.05) is 0 Å². The molecule has 3 heterocycles. The zero-order valence-corrected chi connectivity index (χ0v) is 16.5. The molecular weight excluding hydrogens is 393 g/mol. The molecule has 0 spiro atoms. The number of amides is 4. The molecule has 1 aromatic carbocycles. The van der Waals surface area contributed by atoms with Crippen molar-refractivity contribution >= 4 is 29.3 Å². The molecule has 30 heavy (non-hydrogen) atoms. The number of imide groups is 2. The fourth-order valence-corrected chi connectivity index (χ4v) is 4.56. The number of anilines is 1. The van der Waals surface area contributed by atoms with Crippen molar-refractivity contribution in [2.45, 2.75) is 44.6 Å². The fraction of sp³-hybridized carbons (Fsp3) is 0.524. The predicted molar refractivity (Wildman–Crippen MR) is 104 cm³/mol. The van der Waals surface area contributed by atoms with Crippen molar-refractivity contribution in [1.29, 1.82) is 0 Å². The number of carbonyl (C=O) groups excluding carboxylic acids is 4. The number of benzene rings is 1. The number of aliphatic hydroxyl groups is 1. The highest BCUT2D eigenvalue weighted by Gasteiger charge is 2.45. The van der Waals surface area contributed by atoms with E-state index in [2.05, 4.69) is 5.32 Å². The van der Waals surface area contributed by atoms with Crippen LogP contribution in [0.25, 0.3) is 0 Å². The second-order valence-corrected chi connectivity index (χ2v) is 8.09. The number of halogens is 1. The lowest BCUT2D eigenvalue weighted by Crippen LogP contribution is -2.54. The van der Waals surface area contributed by atoms with Gasteiger partial charge in [-0.25, -0.2) is 4.39 Å². The van der Waals surface area contributed by atoms with E-state index in [1.807, 2.05) is 4.90 Å². The zero-order valence-electron chi connectivity index (χ0n) is 16.5. The van der Waals surface area contributed by atoms with Crippen molar-refractivity contribution in [2.75, 3.05) is 24.6 Å². The Morgan fingerprint density at radius 3 is 2.33 bits per heavy atom. The van der Waals surface area contributed by atoms with Gasteiger partial charge in [0.05, 0.1) is 16.8 Å². The van der Waals surface area contributed by atoms with Crippen LogP contribution in [0.1, 0.15) is 59.2 Å². The number of rotatable bonds is 5. The van der Waals surface area contributed by atoms with Crippen LogP contribution in [0, 0.1) is 11.7 Å². The largest absolute Gasteiger partial charge is 0.396 e. The number of aliphatic hydroxyl groups excluding tert-OH is 1. The maximum absolute atomic E-state index is 14.8. The summed E-state index contributed by atoms with van der Waals surface area (Å²) in [5.41, 5.74) is 0.313. The van der Waals surface area contributed by atoms with Crippen LogP contribution in [0.2, 0.25) is 0 Å². The van der Waals surface area contributed by atoms with Crippen LogP contribution in [0.3, 0.4) is 0 Å². The first kappa shape index (κ1) is 20.5. The monoisotopic (exact) mass is 417 g/mol. The lowest BCUT2D eigenvalue weighted by atomic mass is 9.92. The predicted octanol–water partition coefficient (Wildman–Crippen LogP) is 1.22. The number of nitrogens with zero attached hydrogens (tertiary/aromatic N) is 2. The van der Waals surface area contributed by atoms with Gasteiger partial charge in [0.25, 0.3) is 11.8 Å². The van der Waals surface area contributed by atoms with Gasteiger partial charge in [-0.15, -0.1) is 0 Å². The summed E-state index contributed by atoms with van der Waals surface area (Å²) in [5.74, 6) is -2.57. The Bertz CT molecular complexity index is 910. The highest BCUT2D eigenvalue weighted by Crippen LogP contribution is 2.34. The molecule has 1 unspecified atom stereocenters. The highest BCUT2D eigenvalue weighted by molar-refractivity contribution is 6.23. The normalized spacial score (nSPS) is 22.5. The standard InChI is InChI=1S/C21H24FN3O5/c22-15-10-13-14(11-17(15)24-7-5-12(6-8-24)2-1-9-26)21(30)25(20(13)29)16-3-4-18(27)23-19(16)28/h10-12,16,26H,1-9H2,(H,23,27,28). The third-order valence-corrected chi connectivity index (χ3v) is 6.23. The minimum atomic E-state index is -1.07. The average molecular weight is 417 g/mol. The molecule has 160 valence electrons. The summed E-state index contributed by atoms with van der Waals surface area (Å²) in [7, 11) is 0. The van der Waals surface area contributed by atoms with Gasteiger partial charge in [0, 0.05) is 26.1 Å². The zero-order chi connectivity index (χ0) is 21.4. The summed E-state index contributed by atoms with van der Waals surface area (Å²) in [6.07, 6.45) is 3.52. The number of carbonyl (C=O) groups is 4. The topological polar surface area (TPSA) is 107 Å². The lowest BCUT2D eigenvalue weighted by molar-refractivity contribution is -0.136. The van der Waals surface area contributed by atoms with Crippen LogP contribution < -0.4 is 10.2 Å². The molecule has 8 nitrogen and oxygen atoms in total. The third kappa shape index (κ3) is 3.58. The summed E-state index contributed by atoms with van der Waals surface area (Å²) >= 11 is 0. The molecule has 1 atom stereocenters. The Morgan fingerprint density at radius 2 is 1.70 bits per heavy atom. The van der Waals surface area contributed by atoms with Crippen LogP contribution in [0.15, 0.2) is 12.1 Å². The Hall–Kier alpha value is -2.81. The molecule has 4 rings (SSSR count). The van der Waals surface area contributed by atoms with Crippen LogP contribution in [0.5, 0.6) is 0 Å². The molecule has 0 bridgehead atoms. The minimum absolute atomic E-state index is 0.0364. The molecule has 2 saturated heterocycles. The molecule has 0 aromatic heterocycles. The van der Waals surface area contributed by atoms with E-state index in [0.29, 0.717) is 19.0 Å². The number of piperidine rings is 2. The minimum Gasteiger partial charge on any atom is -0.396 e. The Kier molecular flexibility index (Phi) is 5.55. The van der Waals surface area contributed by atoms with Crippen LogP contribution in [-0.2, 0) is 9.59 Å². The first-order valence-corrected chi connectivity index (χ1v) is 10.3. The number of nitrogens with one attached hydrogen (secondary N) is 1. The van der Waals surface area contributed by atoms with Gasteiger partial charge in [-0.3, -0.25) is 29.4 Å². The second-order valence-electron chi connectivity index (χ2n) is 8.09. The van der Waals surface area contributed by atoms with Gasteiger partial charge < -0.3 is 10.0 Å². The molecule has 9 heteroatoms. The van der Waals surface area contributed by atoms with Crippen LogP contribution in [-0.4, -0.2) is 59.4 Å². The Labute approximate surface area is 173 Å². The van der Waals surface area contributed by atoms with Gasteiger partial charge >= 0.3 is 0 Å². The van der Waals surface area contributed by atoms with Crippen molar-refractivity contribution in [3.63, 3.8) is 0 Å². The maximum Gasteiger partial charge on any atom is 0.262 e. The van der Waals surface area contributed by atoms with E-state index in [1.54, 1.807) is 0 Å². The summed E-state index contributed by atoms with van der Waals surface area (Å²) < 4.78 is 14.8. The molecule has 2 N–H and O–H groups in total. The van der Waals surface area contributed by atoms with Gasteiger partial charge in [-0.05, 0) is 50.2 Å². The summed E-state index contributed by atoms with van der Waals surface area (Å²) in [6.45, 7) is 1.43. The van der Waals surface area contributed by atoms with E-state index >= 15 is 0 Å². The average Bonchev–Trinajstić information content (AvgIpc) is 2.96. The molecule has 3 aliphatic rings. The fourth-order valence-electron chi connectivity index (χ4n) is 4.56. The van der Waals surface area contributed by atoms with Gasteiger partial charge in [0.2, 0.25) is 11.8 Å². The third-order valence-electron chi connectivity index (χ3n) is 6.23. The Balaban J connectivity index is 1.54. The molecule has 3 aliphatic heterocycles. The van der Waals surface area contributed by atoms with Gasteiger partial charge in [0.15, 0.2) is 0 Å². The van der Waals surface area contributed by atoms with Crippen molar-refractivity contribution in [3.05, 3.63) is 29.1 Å². The van der Waals surface area contributed by atoms with Crippen LogP contribution >= 0.6 is 0 Å². The quantitative estimate of drug-likeness (QED) is 0.698.